The zero-order valence-electron chi connectivity index (χ0n) is 24.4. The molecular weight excluding hydrogens is 599 g/mol. The van der Waals surface area contributed by atoms with Crippen LogP contribution in [0.25, 0.3) is 11.0 Å². The molecule has 4 aromatic rings. The van der Waals surface area contributed by atoms with Gasteiger partial charge in [-0.2, -0.15) is 13.2 Å². The van der Waals surface area contributed by atoms with E-state index in [4.69, 9.17) is 29.5 Å². The molecule has 0 atom stereocenters. The van der Waals surface area contributed by atoms with Crippen LogP contribution in [0.5, 0.6) is 11.5 Å². The first kappa shape index (κ1) is 34.1. The van der Waals surface area contributed by atoms with E-state index in [-0.39, 0.29) is 22.4 Å². The molecule has 0 saturated carbocycles. The Balaban J connectivity index is 0.000000707. The number of amides is 2. The number of fused-ring (bicyclic) bond motifs is 1. The van der Waals surface area contributed by atoms with Gasteiger partial charge in [0, 0.05) is 17.8 Å². The second kappa shape index (κ2) is 14.9. The van der Waals surface area contributed by atoms with Gasteiger partial charge in [-0.05, 0) is 60.8 Å². The van der Waals surface area contributed by atoms with Crippen LogP contribution in [0.2, 0.25) is 0 Å². The second-order valence-electron chi connectivity index (χ2n) is 9.36. The van der Waals surface area contributed by atoms with Gasteiger partial charge in [-0.15, -0.1) is 0 Å². The molecule has 0 aliphatic carbocycles. The number of carboxylic acid groups (broad SMARTS) is 1. The first-order valence-corrected chi connectivity index (χ1v) is 13.4. The van der Waals surface area contributed by atoms with Crippen molar-refractivity contribution in [1.29, 1.82) is 0 Å². The highest BCUT2D eigenvalue weighted by atomic mass is 19.4. The first-order valence-electron chi connectivity index (χ1n) is 13.4. The second-order valence-corrected chi connectivity index (χ2v) is 9.36. The highest BCUT2D eigenvalue weighted by molar-refractivity contribution is 6.12. The lowest BCUT2D eigenvalue weighted by molar-refractivity contribution is -0.192. The van der Waals surface area contributed by atoms with E-state index in [2.05, 4.69) is 10.6 Å². The summed E-state index contributed by atoms with van der Waals surface area (Å²) in [5.74, 6) is -3.53. The Morgan fingerprint density at radius 2 is 1.49 bits per heavy atom. The largest absolute Gasteiger partial charge is 0.493 e. The molecule has 5 N–H and O–H groups in total. The van der Waals surface area contributed by atoms with Gasteiger partial charge in [-0.1, -0.05) is 25.1 Å². The number of halogens is 3. The van der Waals surface area contributed by atoms with Crippen molar-refractivity contribution in [3.8, 4) is 11.5 Å². The molecule has 0 unspecified atom stereocenters. The van der Waals surface area contributed by atoms with Crippen LogP contribution in [0.3, 0.4) is 0 Å². The van der Waals surface area contributed by atoms with Crippen LogP contribution < -0.4 is 31.3 Å². The van der Waals surface area contributed by atoms with Gasteiger partial charge in [0.25, 0.3) is 11.8 Å². The minimum atomic E-state index is -5.08. The van der Waals surface area contributed by atoms with E-state index in [1.54, 1.807) is 24.3 Å². The Morgan fingerprint density at radius 1 is 0.889 bits per heavy atom. The maximum atomic E-state index is 13.3. The number of carbonyl (C=O) groups is 3. The molecular formula is C31H30F3N3O8. The van der Waals surface area contributed by atoms with Crippen molar-refractivity contribution in [1.82, 2.24) is 0 Å². The molecule has 0 radical (unpaired) electrons. The highest BCUT2D eigenvalue weighted by Gasteiger charge is 2.38. The number of nitrogens with one attached hydrogen (secondary N) is 2. The normalized spacial score (nSPS) is 10.8. The fourth-order valence-corrected chi connectivity index (χ4v) is 4.01. The van der Waals surface area contributed by atoms with Crippen LogP contribution in [0.15, 0.2) is 69.9 Å². The highest BCUT2D eigenvalue weighted by Crippen LogP contribution is 2.34. The molecule has 0 fully saturated rings. The van der Waals surface area contributed by atoms with E-state index in [1.807, 2.05) is 25.1 Å². The lowest BCUT2D eigenvalue weighted by atomic mass is 10.1. The molecule has 2 amide bonds. The maximum absolute atomic E-state index is 13.3. The standard InChI is InChI=1S/C29H29N3O6.C2HF3O2/c1-4-17-7-10-24-21(13-17)23(33)16-27(38-24)29(35)32-22-15-26(37-3)25(36-2)14-20(22)28(34)31-19-8-5-18(6-9-19)11-12-30;3-2(4,5)1(6)7/h5-10,13-16H,4,11-12,30H2,1-3H3,(H,31,34)(H,32,35);(H,6,7). The van der Waals surface area contributed by atoms with Crippen LogP contribution in [-0.4, -0.2) is 49.8 Å². The van der Waals surface area contributed by atoms with Gasteiger partial charge in [0.2, 0.25) is 0 Å². The Morgan fingerprint density at radius 3 is 2.04 bits per heavy atom. The fourth-order valence-electron chi connectivity index (χ4n) is 4.01. The summed E-state index contributed by atoms with van der Waals surface area (Å²) in [5.41, 5.74) is 8.42. The third-order valence-electron chi connectivity index (χ3n) is 6.33. The quantitative estimate of drug-likeness (QED) is 0.199. The minimum absolute atomic E-state index is 0.123. The van der Waals surface area contributed by atoms with Gasteiger partial charge in [-0.3, -0.25) is 14.4 Å². The zero-order valence-corrected chi connectivity index (χ0v) is 24.4. The lowest BCUT2D eigenvalue weighted by Gasteiger charge is -2.16. The molecule has 0 aliphatic rings. The molecule has 238 valence electrons. The molecule has 4 rings (SSSR count). The Hall–Kier alpha value is -5.37. The summed E-state index contributed by atoms with van der Waals surface area (Å²) in [4.78, 5) is 48.0. The third kappa shape index (κ3) is 8.83. The SMILES string of the molecule is CCc1ccc2oc(C(=O)Nc3cc(OC)c(OC)cc3C(=O)Nc3ccc(CCN)cc3)cc(=O)c2c1.O=C(O)C(F)(F)F. The number of anilines is 2. The first-order chi connectivity index (χ1) is 21.3. The van der Waals surface area contributed by atoms with E-state index in [1.165, 1.54) is 26.4 Å². The smallest absolute Gasteiger partial charge is 0.490 e. The van der Waals surface area contributed by atoms with Crippen LogP contribution in [0.4, 0.5) is 24.5 Å². The van der Waals surface area contributed by atoms with E-state index in [0.717, 1.165) is 30.0 Å². The van der Waals surface area contributed by atoms with Gasteiger partial charge >= 0.3 is 12.1 Å². The molecule has 0 saturated heterocycles. The predicted octanol–water partition coefficient (Wildman–Crippen LogP) is 5.01. The summed E-state index contributed by atoms with van der Waals surface area (Å²) in [6.07, 6.45) is -3.59. The van der Waals surface area contributed by atoms with Crippen LogP contribution in [-0.2, 0) is 17.6 Å². The number of methoxy groups -OCH3 is 2. The average molecular weight is 630 g/mol. The molecule has 1 aromatic heterocycles. The fraction of sp³-hybridized carbons (Fsp3) is 0.226. The van der Waals surface area contributed by atoms with Gasteiger partial charge < -0.3 is 35.4 Å². The van der Waals surface area contributed by atoms with Gasteiger partial charge in [0.1, 0.15) is 5.58 Å². The van der Waals surface area contributed by atoms with E-state index >= 15 is 0 Å². The third-order valence-corrected chi connectivity index (χ3v) is 6.33. The van der Waals surface area contributed by atoms with Crippen molar-refractivity contribution >= 4 is 40.1 Å². The number of nitrogens with two attached hydrogens (primary N) is 1. The minimum Gasteiger partial charge on any atom is -0.493 e. The summed E-state index contributed by atoms with van der Waals surface area (Å²) in [5, 5.41) is 13.0. The summed E-state index contributed by atoms with van der Waals surface area (Å²) in [7, 11) is 2.89. The van der Waals surface area contributed by atoms with E-state index < -0.39 is 24.0 Å². The van der Waals surface area contributed by atoms with Crippen molar-refractivity contribution in [2.45, 2.75) is 25.9 Å². The summed E-state index contributed by atoms with van der Waals surface area (Å²) in [6.45, 7) is 2.51. The van der Waals surface area contributed by atoms with Crippen molar-refractivity contribution in [2.75, 3.05) is 31.4 Å². The number of ether oxygens (including phenoxy) is 2. The Labute approximate surface area is 254 Å². The zero-order chi connectivity index (χ0) is 33.3. The molecule has 0 aliphatic heterocycles. The van der Waals surface area contributed by atoms with Crippen molar-refractivity contribution in [2.24, 2.45) is 5.73 Å². The summed E-state index contributed by atoms with van der Waals surface area (Å²) >= 11 is 0. The Bertz CT molecular complexity index is 1750. The number of alkyl halides is 3. The van der Waals surface area contributed by atoms with E-state index in [0.29, 0.717) is 34.7 Å². The molecule has 0 spiro atoms. The van der Waals surface area contributed by atoms with Gasteiger partial charge in [0.15, 0.2) is 22.7 Å². The summed E-state index contributed by atoms with van der Waals surface area (Å²) < 4.78 is 48.2. The molecule has 0 bridgehead atoms. The predicted molar refractivity (Wildman–Crippen MR) is 160 cm³/mol. The number of rotatable bonds is 9. The van der Waals surface area contributed by atoms with Crippen molar-refractivity contribution < 1.29 is 46.6 Å². The molecule has 14 heteroatoms. The number of benzene rings is 3. The van der Waals surface area contributed by atoms with Crippen LogP contribution >= 0.6 is 0 Å². The number of carbonyl (C=O) groups excluding carboxylic acids is 2. The molecule has 45 heavy (non-hydrogen) atoms. The van der Waals surface area contributed by atoms with Gasteiger partial charge in [-0.25, -0.2) is 4.79 Å². The Kier molecular flexibility index (Phi) is 11.3. The molecule has 1 heterocycles. The monoisotopic (exact) mass is 629 g/mol. The number of hydrogen-bond donors (Lipinski definition) is 4. The van der Waals surface area contributed by atoms with Gasteiger partial charge in [0.05, 0.1) is 30.9 Å². The van der Waals surface area contributed by atoms with Crippen molar-refractivity contribution in [3.63, 3.8) is 0 Å². The summed E-state index contributed by atoms with van der Waals surface area (Å²) in [6, 6.07) is 16.6. The molecule has 11 nitrogen and oxygen atoms in total. The average Bonchev–Trinajstić information content (AvgIpc) is 3.01. The van der Waals surface area contributed by atoms with Crippen molar-refractivity contribution in [3.05, 3.63) is 93.3 Å². The maximum Gasteiger partial charge on any atom is 0.490 e. The topological polar surface area (TPSA) is 170 Å². The van der Waals surface area contributed by atoms with Crippen LogP contribution in [0, 0.1) is 0 Å². The molecule has 3 aromatic carbocycles. The number of aliphatic carboxylic acids is 1. The lowest BCUT2D eigenvalue weighted by Crippen LogP contribution is -2.21. The van der Waals surface area contributed by atoms with Crippen LogP contribution in [0.1, 0.15) is 39.0 Å². The number of carboxylic acids is 1. The number of aryl methyl sites for hydroxylation is 1. The van der Waals surface area contributed by atoms with E-state index in [9.17, 15) is 27.6 Å². The number of hydrogen-bond acceptors (Lipinski definition) is 8.